The summed E-state index contributed by atoms with van der Waals surface area (Å²) in [4.78, 5) is 56.1. The molecule has 0 saturated carbocycles. The van der Waals surface area contributed by atoms with Gasteiger partial charge in [-0.05, 0) is 74.4 Å². The van der Waals surface area contributed by atoms with Gasteiger partial charge in [0.25, 0.3) is 11.8 Å². The summed E-state index contributed by atoms with van der Waals surface area (Å²) in [6.45, 7) is 11.7. The number of carbonyl (C=O) groups is 3. The maximum Gasteiger partial charge on any atom is 0.345 e. The van der Waals surface area contributed by atoms with Gasteiger partial charge in [0.1, 0.15) is 0 Å². The number of thiophene rings is 1. The van der Waals surface area contributed by atoms with E-state index in [-0.39, 0.29) is 29.4 Å². The molecule has 0 aliphatic carbocycles. The highest BCUT2D eigenvalue weighted by atomic mass is 35.5. The first-order chi connectivity index (χ1) is 20.8. The van der Waals surface area contributed by atoms with E-state index in [1.807, 2.05) is 0 Å². The summed E-state index contributed by atoms with van der Waals surface area (Å²) in [5, 5.41) is 2.15. The molecule has 0 radical (unpaired) electrons. The van der Waals surface area contributed by atoms with Gasteiger partial charge in [0.05, 0.1) is 12.1 Å². The van der Waals surface area contributed by atoms with Crippen LogP contribution in [0.15, 0.2) is 54.6 Å². The summed E-state index contributed by atoms with van der Waals surface area (Å²) in [6, 6.07) is 7.46. The van der Waals surface area contributed by atoms with Crippen molar-refractivity contribution in [3.8, 4) is 0 Å². The number of rotatable bonds is 14. The molecule has 3 atom stereocenters. The minimum Gasteiger partial charge on any atom is -0.343 e. The molecule has 0 spiro atoms. The third-order valence-electron chi connectivity index (χ3n) is 7.13. The first-order valence-corrected chi connectivity index (χ1v) is 16.9. The van der Waals surface area contributed by atoms with Crippen molar-refractivity contribution in [1.82, 2.24) is 9.80 Å². The highest BCUT2D eigenvalue weighted by molar-refractivity contribution is 7.54. The van der Waals surface area contributed by atoms with Crippen LogP contribution in [0.1, 0.15) is 45.3 Å². The second kappa shape index (κ2) is 15.2. The average Bonchev–Trinajstić information content (AvgIpc) is 3.38. The molecule has 3 unspecified atom stereocenters. The maximum absolute atomic E-state index is 14.4. The SMILES string of the molecule is C=CN(C(=O)C(c1csc2ccc(Cl)cc12)P(=O)(O)OC(CC(=O)N(CC)CC)C(=O)N(CC)CC)c1ccc(F)c(F)c1. The Balaban J connectivity index is 2.19. The fourth-order valence-corrected chi connectivity index (χ4v) is 7.65. The second-order valence-electron chi connectivity index (χ2n) is 9.66. The van der Waals surface area contributed by atoms with E-state index in [0.29, 0.717) is 23.2 Å². The normalized spacial score (nSPS) is 14.0. The van der Waals surface area contributed by atoms with E-state index in [9.17, 15) is 32.6 Å². The fraction of sp³-hybridized carbons (Fsp3) is 0.367. The molecule has 9 nitrogen and oxygen atoms in total. The van der Waals surface area contributed by atoms with Crippen LogP contribution in [0.25, 0.3) is 10.1 Å². The van der Waals surface area contributed by atoms with E-state index in [1.54, 1.807) is 39.8 Å². The Morgan fingerprint density at radius 2 is 1.64 bits per heavy atom. The highest BCUT2D eigenvalue weighted by Crippen LogP contribution is 2.60. The van der Waals surface area contributed by atoms with Crippen molar-refractivity contribution in [2.24, 2.45) is 0 Å². The summed E-state index contributed by atoms with van der Waals surface area (Å²) in [7, 11) is -5.21. The van der Waals surface area contributed by atoms with Crippen molar-refractivity contribution in [2.75, 3.05) is 31.1 Å². The van der Waals surface area contributed by atoms with E-state index in [1.165, 1.54) is 32.6 Å². The highest BCUT2D eigenvalue weighted by Gasteiger charge is 2.47. The predicted molar refractivity (Wildman–Crippen MR) is 169 cm³/mol. The van der Waals surface area contributed by atoms with Gasteiger partial charge in [0, 0.05) is 48.2 Å². The third-order valence-corrected chi connectivity index (χ3v) is 10.1. The maximum atomic E-state index is 14.4. The molecule has 0 saturated heterocycles. The predicted octanol–water partition coefficient (Wildman–Crippen LogP) is 6.75. The van der Waals surface area contributed by atoms with Crippen molar-refractivity contribution in [1.29, 1.82) is 0 Å². The Morgan fingerprint density at radius 1 is 1.00 bits per heavy atom. The second-order valence-corrected chi connectivity index (χ2v) is 12.9. The molecule has 0 bridgehead atoms. The summed E-state index contributed by atoms with van der Waals surface area (Å²) in [6.07, 6.45) is -1.26. The first-order valence-electron chi connectivity index (χ1n) is 14.0. The minimum atomic E-state index is -5.21. The molecule has 3 rings (SSSR count). The standard InChI is InChI=1S/C30H35ClF2N3O6PS/c1-6-34(7-2)27(37)17-25(29(38)35(8-3)9-4)42-43(40,41)28(22-18-44-26-14-11-19(31)15-21(22)26)30(39)36(10-5)20-12-13-23(32)24(33)16-20/h10-16,18,25,28H,5-9,17H2,1-4H3,(H,40,41). The van der Waals surface area contributed by atoms with Gasteiger partial charge < -0.3 is 14.7 Å². The lowest BCUT2D eigenvalue weighted by Crippen LogP contribution is -2.44. The van der Waals surface area contributed by atoms with Crippen molar-refractivity contribution < 1.29 is 37.1 Å². The zero-order valence-corrected chi connectivity index (χ0v) is 27.3. The monoisotopic (exact) mass is 669 g/mol. The van der Waals surface area contributed by atoms with Crippen molar-refractivity contribution in [3.63, 3.8) is 0 Å². The van der Waals surface area contributed by atoms with Crippen molar-refractivity contribution >= 4 is 64.0 Å². The summed E-state index contributed by atoms with van der Waals surface area (Å²) >= 11 is 7.41. The first kappa shape index (κ1) is 35.3. The minimum absolute atomic E-state index is 0.0573. The quantitative estimate of drug-likeness (QED) is 0.190. The Kier molecular flexibility index (Phi) is 12.2. The number of amides is 3. The zero-order chi connectivity index (χ0) is 32.8. The van der Waals surface area contributed by atoms with Crippen LogP contribution in [0.4, 0.5) is 14.5 Å². The average molecular weight is 670 g/mol. The number of fused-ring (bicyclic) bond motifs is 1. The van der Waals surface area contributed by atoms with Crippen LogP contribution < -0.4 is 4.90 Å². The summed E-state index contributed by atoms with van der Waals surface area (Å²) in [5.41, 5.74) is -2.09. The van der Waals surface area contributed by atoms with Gasteiger partial charge in [-0.25, -0.2) is 8.78 Å². The molecule has 1 N–H and O–H groups in total. The smallest absolute Gasteiger partial charge is 0.343 e. The van der Waals surface area contributed by atoms with Gasteiger partial charge in [-0.1, -0.05) is 18.2 Å². The molecule has 1 heterocycles. The lowest BCUT2D eigenvalue weighted by molar-refractivity contribution is -0.144. The number of anilines is 1. The van der Waals surface area contributed by atoms with Gasteiger partial charge in [-0.15, -0.1) is 11.3 Å². The van der Waals surface area contributed by atoms with Crippen LogP contribution in [0.3, 0.4) is 0 Å². The lowest BCUT2D eigenvalue weighted by atomic mass is 10.1. The van der Waals surface area contributed by atoms with Crippen LogP contribution in [-0.2, 0) is 23.5 Å². The van der Waals surface area contributed by atoms with Gasteiger partial charge in [-0.3, -0.25) is 28.4 Å². The van der Waals surface area contributed by atoms with Crippen molar-refractivity contribution in [3.05, 3.63) is 76.8 Å². The molecule has 0 aliphatic heterocycles. The van der Waals surface area contributed by atoms with Gasteiger partial charge in [0.2, 0.25) is 5.91 Å². The van der Waals surface area contributed by atoms with E-state index in [4.69, 9.17) is 16.1 Å². The Hall–Kier alpha value is -3.15. The summed E-state index contributed by atoms with van der Waals surface area (Å²) < 4.78 is 48.6. The van der Waals surface area contributed by atoms with Crippen LogP contribution in [0.5, 0.6) is 0 Å². The fourth-order valence-electron chi connectivity index (χ4n) is 4.79. The van der Waals surface area contributed by atoms with Crippen molar-refractivity contribution in [2.45, 2.75) is 45.9 Å². The van der Waals surface area contributed by atoms with Crippen LogP contribution >= 0.6 is 30.5 Å². The molecule has 0 fully saturated rings. The zero-order valence-electron chi connectivity index (χ0n) is 24.8. The molecule has 0 aliphatic rings. The molecule has 3 aromatic rings. The number of halogens is 3. The molecule has 3 amide bonds. The largest absolute Gasteiger partial charge is 0.345 e. The Bertz CT molecular complexity index is 1580. The van der Waals surface area contributed by atoms with E-state index in [2.05, 4.69) is 6.58 Å². The van der Waals surface area contributed by atoms with E-state index >= 15 is 0 Å². The summed E-state index contributed by atoms with van der Waals surface area (Å²) in [5.74, 6) is -4.66. The van der Waals surface area contributed by atoms with Crippen LogP contribution in [-0.4, -0.2) is 64.7 Å². The van der Waals surface area contributed by atoms with Crippen LogP contribution in [0.2, 0.25) is 5.02 Å². The molecule has 238 valence electrons. The third kappa shape index (κ3) is 7.73. The molecule has 2 aromatic carbocycles. The van der Waals surface area contributed by atoms with Crippen LogP contribution in [0, 0.1) is 11.6 Å². The molecular weight excluding hydrogens is 635 g/mol. The number of hydrogen-bond donors (Lipinski definition) is 1. The Labute approximate surface area is 264 Å². The van der Waals surface area contributed by atoms with Gasteiger partial charge >= 0.3 is 7.60 Å². The lowest BCUT2D eigenvalue weighted by Gasteiger charge is -2.31. The van der Waals surface area contributed by atoms with E-state index in [0.717, 1.165) is 29.3 Å². The number of likely N-dealkylation sites (N-methyl/N-ethyl adjacent to an activating group) is 1. The molecule has 14 heteroatoms. The van der Waals surface area contributed by atoms with E-state index < -0.39 is 55.1 Å². The number of hydrogen-bond acceptors (Lipinski definition) is 6. The number of nitrogens with zero attached hydrogens (tertiary/aromatic N) is 3. The van der Waals surface area contributed by atoms with Gasteiger partial charge in [-0.2, -0.15) is 0 Å². The van der Waals surface area contributed by atoms with Gasteiger partial charge in [0.15, 0.2) is 23.4 Å². The number of carbonyl (C=O) groups excluding carboxylic acids is 3. The molecule has 1 aromatic heterocycles. The molecular formula is C30H35ClF2N3O6PS. The Morgan fingerprint density at radius 3 is 2.20 bits per heavy atom. The molecule has 44 heavy (non-hydrogen) atoms. The number of benzene rings is 2. The topological polar surface area (TPSA) is 107 Å².